The van der Waals surface area contributed by atoms with E-state index in [1.807, 2.05) is 6.20 Å². The Hall–Kier alpha value is -3.43. The molecule has 0 atom stereocenters. The molecular formula is C37H47N3O5S. The van der Waals surface area contributed by atoms with E-state index in [-0.39, 0.29) is 31.1 Å². The van der Waals surface area contributed by atoms with Gasteiger partial charge in [-0.3, -0.25) is 4.79 Å². The van der Waals surface area contributed by atoms with Crippen LogP contribution in [0.15, 0.2) is 48.7 Å². The fraction of sp³-hybridized carbons (Fsp3) is 0.541. The summed E-state index contributed by atoms with van der Waals surface area (Å²) in [4.78, 5) is 34.3. The van der Waals surface area contributed by atoms with Crippen LogP contribution in [0.5, 0.6) is 5.75 Å². The monoisotopic (exact) mass is 645 g/mol. The molecule has 1 aromatic heterocycles. The molecule has 2 N–H and O–H groups in total. The van der Waals surface area contributed by atoms with Gasteiger partial charge in [0.15, 0.2) is 0 Å². The number of alkyl carbamates (subject to hydrolysis) is 1. The summed E-state index contributed by atoms with van der Waals surface area (Å²) in [5.74, 6) is 2.59. The van der Waals surface area contributed by atoms with Crippen LogP contribution in [0.4, 0.5) is 10.5 Å². The van der Waals surface area contributed by atoms with E-state index < -0.39 is 6.09 Å². The van der Waals surface area contributed by atoms with E-state index in [0.29, 0.717) is 50.0 Å². The van der Waals surface area contributed by atoms with Crippen LogP contribution >= 0.6 is 11.3 Å². The number of hydrogen-bond donors (Lipinski definition) is 2. The number of aliphatic hydroxyl groups is 1. The molecule has 0 radical (unpaired) electrons. The zero-order chi connectivity index (χ0) is 32.0. The van der Waals surface area contributed by atoms with Crippen molar-refractivity contribution in [3.8, 4) is 16.2 Å². The Labute approximate surface area is 276 Å². The van der Waals surface area contributed by atoms with Gasteiger partial charge in [0, 0.05) is 36.8 Å². The minimum atomic E-state index is -0.504. The van der Waals surface area contributed by atoms with Crippen LogP contribution in [-0.4, -0.2) is 55.0 Å². The zero-order valence-electron chi connectivity index (χ0n) is 27.1. The van der Waals surface area contributed by atoms with Crippen molar-refractivity contribution in [2.24, 2.45) is 11.8 Å². The van der Waals surface area contributed by atoms with Gasteiger partial charge in [0.05, 0.1) is 23.6 Å². The largest absolute Gasteiger partial charge is 0.496 e. The van der Waals surface area contributed by atoms with E-state index >= 15 is 0 Å². The van der Waals surface area contributed by atoms with Gasteiger partial charge in [0.1, 0.15) is 11.9 Å². The van der Waals surface area contributed by atoms with Crippen molar-refractivity contribution in [1.82, 2.24) is 10.3 Å². The van der Waals surface area contributed by atoms with Crippen molar-refractivity contribution >= 4 is 29.0 Å². The fourth-order valence-electron chi connectivity index (χ4n) is 7.18. The number of ether oxygens (including phenoxy) is 2. The topological polar surface area (TPSA) is 101 Å². The fourth-order valence-corrected chi connectivity index (χ4v) is 8.26. The normalized spacial score (nSPS) is 23.0. The second kappa shape index (κ2) is 15.0. The van der Waals surface area contributed by atoms with Crippen LogP contribution in [0.25, 0.3) is 10.4 Å². The summed E-state index contributed by atoms with van der Waals surface area (Å²) in [6.45, 7) is 2.87. The number of benzene rings is 2. The summed E-state index contributed by atoms with van der Waals surface area (Å²) in [5, 5.41) is 12.7. The van der Waals surface area contributed by atoms with Crippen LogP contribution in [0.1, 0.15) is 92.2 Å². The van der Waals surface area contributed by atoms with E-state index in [2.05, 4.69) is 59.6 Å². The third kappa shape index (κ3) is 7.92. The Morgan fingerprint density at radius 2 is 1.74 bits per heavy atom. The van der Waals surface area contributed by atoms with Gasteiger partial charge in [0.25, 0.3) is 0 Å². The molecule has 9 heteroatoms. The Balaban J connectivity index is 1.15. The van der Waals surface area contributed by atoms with Crippen molar-refractivity contribution in [3.63, 3.8) is 0 Å². The number of anilines is 1. The smallest absolute Gasteiger partial charge is 0.407 e. The Morgan fingerprint density at radius 3 is 2.43 bits per heavy atom. The number of thiazole rings is 1. The SMILES string of the molecule is COc1ccc([C@H]2CC[C@H](CN(c3cccc(-c4cnc(C5CC5)s4)c3)C(=O)[C@H]3CC[C@H](OC(=O)NCCO)CC3)CC2)cc1C. The van der Waals surface area contributed by atoms with Crippen molar-refractivity contribution in [2.45, 2.75) is 89.1 Å². The van der Waals surface area contributed by atoms with Gasteiger partial charge < -0.3 is 24.8 Å². The summed E-state index contributed by atoms with van der Waals surface area (Å²) in [6, 6.07) is 15.0. The number of aliphatic hydroxyl groups excluding tert-OH is 1. The third-order valence-corrected chi connectivity index (χ3v) is 11.2. The van der Waals surface area contributed by atoms with E-state index in [1.54, 1.807) is 18.4 Å². The van der Waals surface area contributed by atoms with Gasteiger partial charge in [-0.05, 0) is 118 Å². The van der Waals surface area contributed by atoms with E-state index in [1.165, 1.54) is 29.0 Å². The number of nitrogens with zero attached hydrogens (tertiary/aromatic N) is 2. The number of amides is 2. The quantitative estimate of drug-likeness (QED) is 0.223. The van der Waals surface area contributed by atoms with E-state index in [0.717, 1.165) is 47.6 Å². The first-order valence-corrected chi connectivity index (χ1v) is 17.8. The van der Waals surface area contributed by atoms with Crippen LogP contribution in [-0.2, 0) is 9.53 Å². The maximum atomic E-state index is 14.3. The van der Waals surface area contributed by atoms with Gasteiger partial charge >= 0.3 is 6.09 Å². The van der Waals surface area contributed by atoms with Crippen molar-refractivity contribution in [1.29, 1.82) is 0 Å². The zero-order valence-corrected chi connectivity index (χ0v) is 27.9. The van der Waals surface area contributed by atoms with Gasteiger partial charge in [-0.2, -0.15) is 0 Å². The van der Waals surface area contributed by atoms with Crippen LogP contribution < -0.4 is 15.0 Å². The summed E-state index contributed by atoms with van der Waals surface area (Å²) in [6.07, 6.45) is 10.8. The van der Waals surface area contributed by atoms with Crippen LogP contribution in [0.3, 0.4) is 0 Å². The molecule has 2 aromatic carbocycles. The van der Waals surface area contributed by atoms with Gasteiger partial charge in [-0.15, -0.1) is 11.3 Å². The third-order valence-electron chi connectivity index (χ3n) is 10.0. The number of methoxy groups -OCH3 is 1. The molecule has 8 nitrogen and oxygen atoms in total. The highest BCUT2D eigenvalue weighted by Crippen LogP contribution is 2.44. The summed E-state index contributed by atoms with van der Waals surface area (Å²) < 4.78 is 11.0. The molecular weight excluding hydrogens is 598 g/mol. The average molecular weight is 646 g/mol. The number of rotatable bonds is 11. The number of hydrogen-bond acceptors (Lipinski definition) is 7. The summed E-state index contributed by atoms with van der Waals surface area (Å²) >= 11 is 1.78. The molecule has 0 saturated heterocycles. The molecule has 1 heterocycles. The molecule has 0 bridgehead atoms. The molecule has 6 rings (SSSR count). The van der Waals surface area contributed by atoms with Crippen LogP contribution in [0.2, 0.25) is 0 Å². The Bertz CT molecular complexity index is 1490. The lowest BCUT2D eigenvalue weighted by Gasteiger charge is -2.36. The maximum Gasteiger partial charge on any atom is 0.407 e. The second-order valence-electron chi connectivity index (χ2n) is 13.3. The minimum Gasteiger partial charge on any atom is -0.496 e. The van der Waals surface area contributed by atoms with Gasteiger partial charge in [-0.1, -0.05) is 24.3 Å². The maximum absolute atomic E-state index is 14.3. The summed E-state index contributed by atoms with van der Waals surface area (Å²) in [7, 11) is 1.72. The lowest BCUT2D eigenvalue weighted by molar-refractivity contribution is -0.124. The lowest BCUT2D eigenvalue weighted by Crippen LogP contribution is -2.42. The predicted molar refractivity (Wildman–Crippen MR) is 182 cm³/mol. The second-order valence-corrected chi connectivity index (χ2v) is 14.4. The Morgan fingerprint density at radius 1 is 0.978 bits per heavy atom. The first kappa shape index (κ1) is 32.5. The number of carbonyl (C=O) groups excluding carboxylic acids is 2. The molecule has 0 spiro atoms. The molecule has 3 aliphatic carbocycles. The van der Waals surface area contributed by atoms with Crippen LogP contribution in [0, 0.1) is 18.8 Å². The van der Waals surface area contributed by atoms with Gasteiger partial charge in [0.2, 0.25) is 5.91 Å². The molecule has 0 aliphatic heterocycles. The molecule has 3 saturated carbocycles. The number of aryl methyl sites for hydroxylation is 1. The summed E-state index contributed by atoms with van der Waals surface area (Å²) in [5.41, 5.74) is 4.63. The predicted octanol–water partition coefficient (Wildman–Crippen LogP) is 7.59. The van der Waals surface area contributed by atoms with E-state index in [9.17, 15) is 9.59 Å². The average Bonchev–Trinajstić information content (AvgIpc) is 3.82. The standard InChI is InChI=1S/C37H47N3O5S/c1-24-20-29(14-17-33(24)44-2)26-8-6-25(7-9-26)23-40(36(42)28-12-15-32(16-13-28)45-37(43)38-18-19-41)31-5-3-4-30(21-31)34-22-39-35(46-34)27-10-11-27/h3-5,14,17,20-22,25-28,32,41H,6-13,15-16,18-19,23H2,1-2H3,(H,38,43)/t25-,26-,28-,32-. The highest BCUT2D eigenvalue weighted by molar-refractivity contribution is 7.15. The number of carbonyl (C=O) groups is 2. The van der Waals surface area contributed by atoms with Gasteiger partial charge in [-0.25, -0.2) is 9.78 Å². The lowest BCUT2D eigenvalue weighted by atomic mass is 9.78. The molecule has 3 aliphatic rings. The molecule has 246 valence electrons. The van der Waals surface area contributed by atoms with Crippen molar-refractivity contribution in [2.75, 3.05) is 31.7 Å². The number of aromatic nitrogens is 1. The molecule has 3 aromatic rings. The molecule has 3 fully saturated rings. The first-order chi connectivity index (χ1) is 22.4. The Kier molecular flexibility index (Phi) is 10.6. The van der Waals surface area contributed by atoms with Crippen molar-refractivity contribution in [3.05, 3.63) is 64.8 Å². The first-order valence-electron chi connectivity index (χ1n) is 17.0. The molecule has 46 heavy (non-hydrogen) atoms. The number of nitrogens with one attached hydrogen (secondary N) is 1. The molecule has 0 unspecified atom stereocenters. The highest BCUT2D eigenvalue weighted by Gasteiger charge is 2.34. The highest BCUT2D eigenvalue weighted by atomic mass is 32.1. The van der Waals surface area contributed by atoms with Crippen molar-refractivity contribution < 1.29 is 24.2 Å². The minimum absolute atomic E-state index is 0.104. The molecule has 2 amide bonds. The van der Waals surface area contributed by atoms with E-state index in [4.69, 9.17) is 19.6 Å².